The first-order valence-electron chi connectivity index (χ1n) is 6.13. The summed E-state index contributed by atoms with van der Waals surface area (Å²) in [5.41, 5.74) is 3.44. The highest BCUT2D eigenvalue weighted by molar-refractivity contribution is 5.85. The highest BCUT2D eigenvalue weighted by Crippen LogP contribution is 2.17. The normalized spacial score (nSPS) is 9.84. The molecule has 1 aromatic carbocycles. The standard InChI is InChI=1S/C14H19N3O.ClH/c1-4-17-11(2)14(10-16-17)15-9-12-6-5-7-13(8-12)18-3;/h5-8,10,15H,4,9H2,1-3H3;1H. The third-order valence-electron chi connectivity index (χ3n) is 3.02. The van der Waals surface area contributed by atoms with Gasteiger partial charge in [-0.2, -0.15) is 5.10 Å². The van der Waals surface area contributed by atoms with E-state index in [1.165, 1.54) is 11.3 Å². The summed E-state index contributed by atoms with van der Waals surface area (Å²) < 4.78 is 7.19. The molecule has 104 valence electrons. The molecule has 0 radical (unpaired) electrons. The maximum Gasteiger partial charge on any atom is 0.119 e. The lowest BCUT2D eigenvalue weighted by molar-refractivity contribution is 0.414. The van der Waals surface area contributed by atoms with Gasteiger partial charge in [0.25, 0.3) is 0 Å². The van der Waals surface area contributed by atoms with E-state index in [0.29, 0.717) is 0 Å². The van der Waals surface area contributed by atoms with Gasteiger partial charge in [0.15, 0.2) is 0 Å². The van der Waals surface area contributed by atoms with E-state index in [1.54, 1.807) is 7.11 Å². The Hall–Kier alpha value is -1.68. The van der Waals surface area contributed by atoms with Gasteiger partial charge < -0.3 is 10.1 Å². The molecule has 2 aromatic rings. The molecule has 5 heteroatoms. The number of anilines is 1. The summed E-state index contributed by atoms with van der Waals surface area (Å²) in [7, 11) is 1.68. The predicted octanol–water partition coefficient (Wildman–Crippen LogP) is 3.25. The molecule has 19 heavy (non-hydrogen) atoms. The van der Waals surface area contributed by atoms with Crippen LogP contribution in [0.2, 0.25) is 0 Å². The number of benzene rings is 1. The van der Waals surface area contributed by atoms with Gasteiger partial charge in [-0.05, 0) is 31.5 Å². The number of rotatable bonds is 5. The molecule has 0 fully saturated rings. The van der Waals surface area contributed by atoms with Crippen LogP contribution in [0.1, 0.15) is 18.2 Å². The second kappa shape index (κ2) is 7.04. The zero-order chi connectivity index (χ0) is 13.0. The molecule has 1 aromatic heterocycles. The van der Waals surface area contributed by atoms with E-state index in [9.17, 15) is 0 Å². The molecule has 0 aliphatic carbocycles. The second-order valence-corrected chi connectivity index (χ2v) is 4.16. The van der Waals surface area contributed by atoms with Crippen molar-refractivity contribution in [2.24, 2.45) is 0 Å². The van der Waals surface area contributed by atoms with E-state index in [2.05, 4.69) is 30.3 Å². The zero-order valence-corrected chi connectivity index (χ0v) is 12.3. The monoisotopic (exact) mass is 281 g/mol. The third-order valence-corrected chi connectivity index (χ3v) is 3.02. The quantitative estimate of drug-likeness (QED) is 0.914. The van der Waals surface area contributed by atoms with Crippen molar-refractivity contribution in [2.45, 2.75) is 26.9 Å². The van der Waals surface area contributed by atoms with Crippen LogP contribution in [0.3, 0.4) is 0 Å². The Morgan fingerprint density at radius 1 is 1.37 bits per heavy atom. The molecule has 4 nitrogen and oxygen atoms in total. The zero-order valence-electron chi connectivity index (χ0n) is 11.5. The number of nitrogens with zero attached hydrogens (tertiary/aromatic N) is 2. The van der Waals surface area contributed by atoms with Crippen molar-refractivity contribution >= 4 is 18.1 Å². The van der Waals surface area contributed by atoms with Gasteiger partial charge >= 0.3 is 0 Å². The smallest absolute Gasteiger partial charge is 0.119 e. The molecule has 1 heterocycles. The maximum absolute atomic E-state index is 5.21. The number of aromatic nitrogens is 2. The highest BCUT2D eigenvalue weighted by Gasteiger charge is 2.04. The lowest BCUT2D eigenvalue weighted by Gasteiger charge is -2.07. The minimum atomic E-state index is 0. The van der Waals surface area contributed by atoms with Crippen molar-refractivity contribution in [3.63, 3.8) is 0 Å². The number of nitrogens with one attached hydrogen (secondary N) is 1. The fourth-order valence-corrected chi connectivity index (χ4v) is 1.92. The fourth-order valence-electron chi connectivity index (χ4n) is 1.92. The number of halogens is 1. The van der Waals surface area contributed by atoms with E-state index < -0.39 is 0 Å². The first-order chi connectivity index (χ1) is 8.74. The van der Waals surface area contributed by atoms with Crippen LogP contribution in [-0.4, -0.2) is 16.9 Å². The number of hydrogen-bond donors (Lipinski definition) is 1. The first-order valence-corrected chi connectivity index (χ1v) is 6.13. The summed E-state index contributed by atoms with van der Waals surface area (Å²) in [6.45, 7) is 5.83. The molecule has 0 atom stereocenters. The molecule has 0 saturated heterocycles. The van der Waals surface area contributed by atoms with E-state index in [0.717, 1.165) is 24.5 Å². The molecule has 0 amide bonds. The molecule has 0 saturated carbocycles. The van der Waals surface area contributed by atoms with Crippen molar-refractivity contribution < 1.29 is 4.74 Å². The Morgan fingerprint density at radius 3 is 2.79 bits per heavy atom. The van der Waals surface area contributed by atoms with E-state index >= 15 is 0 Å². The Balaban J connectivity index is 0.00000180. The van der Waals surface area contributed by atoms with Crippen LogP contribution < -0.4 is 10.1 Å². The van der Waals surface area contributed by atoms with Gasteiger partial charge in [0.2, 0.25) is 0 Å². The van der Waals surface area contributed by atoms with E-state index in [-0.39, 0.29) is 12.4 Å². The van der Waals surface area contributed by atoms with Crippen molar-refractivity contribution in [2.75, 3.05) is 12.4 Å². The van der Waals surface area contributed by atoms with Crippen LogP contribution in [0.5, 0.6) is 5.75 Å². The largest absolute Gasteiger partial charge is 0.497 e. The summed E-state index contributed by atoms with van der Waals surface area (Å²) in [5, 5.41) is 7.71. The molecule has 0 aliphatic heterocycles. The molecule has 2 rings (SSSR count). The van der Waals surface area contributed by atoms with Gasteiger partial charge in [-0.25, -0.2) is 0 Å². The number of ether oxygens (including phenoxy) is 1. The van der Waals surface area contributed by atoms with Gasteiger partial charge in [-0.1, -0.05) is 12.1 Å². The SMILES string of the molecule is CCn1ncc(NCc2cccc(OC)c2)c1C.Cl. The van der Waals surface area contributed by atoms with Crippen molar-refractivity contribution in [3.8, 4) is 5.75 Å². The lowest BCUT2D eigenvalue weighted by Crippen LogP contribution is -2.02. The minimum absolute atomic E-state index is 0. The summed E-state index contributed by atoms with van der Waals surface area (Å²) in [4.78, 5) is 0. The average Bonchev–Trinajstić information content (AvgIpc) is 2.77. The highest BCUT2D eigenvalue weighted by atomic mass is 35.5. The third kappa shape index (κ3) is 3.64. The Morgan fingerprint density at radius 2 is 2.16 bits per heavy atom. The molecule has 1 N–H and O–H groups in total. The summed E-state index contributed by atoms with van der Waals surface area (Å²) >= 11 is 0. The summed E-state index contributed by atoms with van der Waals surface area (Å²) in [5.74, 6) is 0.885. The number of aryl methyl sites for hydroxylation is 1. The minimum Gasteiger partial charge on any atom is -0.497 e. The van der Waals surface area contributed by atoms with Crippen molar-refractivity contribution in [3.05, 3.63) is 41.7 Å². The van der Waals surface area contributed by atoms with Crippen molar-refractivity contribution in [1.82, 2.24) is 9.78 Å². The molecular formula is C14H20ClN3O. The summed E-state index contributed by atoms with van der Waals surface area (Å²) in [6.07, 6.45) is 1.87. The van der Waals surface area contributed by atoms with Gasteiger partial charge in [0, 0.05) is 13.1 Å². The van der Waals surface area contributed by atoms with Gasteiger partial charge in [0.05, 0.1) is 24.7 Å². The predicted molar refractivity (Wildman–Crippen MR) is 80.2 cm³/mol. The molecule has 0 unspecified atom stereocenters. The van der Waals surface area contributed by atoms with Crippen LogP contribution in [0.4, 0.5) is 5.69 Å². The van der Waals surface area contributed by atoms with Crippen LogP contribution in [0.25, 0.3) is 0 Å². The first kappa shape index (κ1) is 15.4. The fraction of sp³-hybridized carbons (Fsp3) is 0.357. The Kier molecular flexibility index (Phi) is 5.70. The number of methoxy groups -OCH3 is 1. The summed E-state index contributed by atoms with van der Waals surface area (Å²) in [6, 6.07) is 8.06. The van der Waals surface area contributed by atoms with E-state index in [1.807, 2.05) is 29.1 Å². The lowest BCUT2D eigenvalue weighted by atomic mass is 10.2. The second-order valence-electron chi connectivity index (χ2n) is 4.16. The Labute approximate surface area is 120 Å². The molecule has 0 bridgehead atoms. The van der Waals surface area contributed by atoms with E-state index in [4.69, 9.17) is 4.74 Å². The maximum atomic E-state index is 5.21. The van der Waals surface area contributed by atoms with Crippen LogP contribution in [0.15, 0.2) is 30.5 Å². The van der Waals surface area contributed by atoms with Gasteiger partial charge in [-0.3, -0.25) is 4.68 Å². The number of hydrogen-bond acceptors (Lipinski definition) is 3. The van der Waals surface area contributed by atoms with Crippen LogP contribution in [0, 0.1) is 6.92 Å². The topological polar surface area (TPSA) is 39.1 Å². The van der Waals surface area contributed by atoms with Gasteiger partial charge in [0.1, 0.15) is 5.75 Å². The van der Waals surface area contributed by atoms with Gasteiger partial charge in [-0.15, -0.1) is 12.4 Å². The Bertz CT molecular complexity index is 525. The molecule has 0 spiro atoms. The van der Waals surface area contributed by atoms with Crippen LogP contribution >= 0.6 is 12.4 Å². The molecule has 0 aliphatic rings. The van der Waals surface area contributed by atoms with Crippen LogP contribution in [-0.2, 0) is 13.1 Å². The molecular weight excluding hydrogens is 262 g/mol. The average molecular weight is 282 g/mol. The van der Waals surface area contributed by atoms with Crippen molar-refractivity contribution in [1.29, 1.82) is 0 Å².